The van der Waals surface area contributed by atoms with Gasteiger partial charge in [0.1, 0.15) is 25.5 Å². The van der Waals surface area contributed by atoms with Crippen LogP contribution in [0.25, 0.3) is 11.4 Å². The number of fused-ring (bicyclic) bond motifs is 1. The maximum atomic E-state index is 13.1. The smallest absolute Gasteiger partial charge is 0.246 e. The zero-order valence-electron chi connectivity index (χ0n) is 17.2. The maximum Gasteiger partial charge on any atom is 0.246 e. The minimum absolute atomic E-state index is 0.00435. The molecule has 0 radical (unpaired) electrons. The third-order valence-corrected chi connectivity index (χ3v) is 5.58. The van der Waals surface area contributed by atoms with Crippen molar-refractivity contribution in [2.24, 2.45) is 0 Å². The van der Waals surface area contributed by atoms with Crippen molar-refractivity contribution in [1.82, 2.24) is 25.1 Å². The van der Waals surface area contributed by atoms with E-state index in [9.17, 15) is 4.79 Å². The van der Waals surface area contributed by atoms with Crippen molar-refractivity contribution in [1.29, 1.82) is 0 Å². The molecule has 0 saturated carbocycles. The second-order valence-corrected chi connectivity index (χ2v) is 7.52. The topological polar surface area (TPSA) is 91.6 Å². The van der Waals surface area contributed by atoms with Gasteiger partial charge in [-0.3, -0.25) is 4.79 Å². The highest BCUT2D eigenvalue weighted by atomic mass is 16.6. The molecule has 2 aromatic carbocycles. The number of ether oxygens (including phenoxy) is 3. The number of amides is 1. The highest BCUT2D eigenvalue weighted by Crippen LogP contribution is 2.38. The molecule has 9 heteroatoms. The van der Waals surface area contributed by atoms with E-state index >= 15 is 0 Å². The molecule has 0 unspecified atom stereocenters. The molecule has 2 aliphatic rings. The van der Waals surface area contributed by atoms with Gasteiger partial charge in [0.25, 0.3) is 0 Å². The number of benzene rings is 2. The van der Waals surface area contributed by atoms with Gasteiger partial charge in [-0.25, -0.2) is 0 Å². The standard InChI is InChI=1S/C22H23N5O4/c1-29-17-5-2-4-16(12-17)22-23-25-27(24-22)14-21(28)26-9-3-6-18(26)15-7-8-19-20(13-15)31-11-10-30-19/h2,4-5,7-8,12-13,18H,3,6,9-11,14H2,1H3/t18-/m0/s1. The van der Waals surface area contributed by atoms with E-state index in [-0.39, 0.29) is 18.5 Å². The first-order valence-electron chi connectivity index (χ1n) is 10.3. The second-order valence-electron chi connectivity index (χ2n) is 7.52. The van der Waals surface area contributed by atoms with Crippen LogP contribution < -0.4 is 14.2 Å². The Morgan fingerprint density at radius 1 is 1.16 bits per heavy atom. The molecule has 0 N–H and O–H groups in total. The summed E-state index contributed by atoms with van der Waals surface area (Å²) >= 11 is 0. The minimum atomic E-state index is -0.0352. The Morgan fingerprint density at radius 3 is 2.90 bits per heavy atom. The predicted molar refractivity (Wildman–Crippen MR) is 111 cm³/mol. The van der Waals surface area contributed by atoms with E-state index in [0.717, 1.165) is 35.5 Å². The zero-order valence-corrected chi connectivity index (χ0v) is 17.2. The number of carbonyl (C=O) groups excluding carboxylic acids is 1. The first-order valence-corrected chi connectivity index (χ1v) is 10.3. The third-order valence-electron chi connectivity index (χ3n) is 5.58. The summed E-state index contributed by atoms with van der Waals surface area (Å²) in [6.07, 6.45) is 1.86. The van der Waals surface area contributed by atoms with E-state index < -0.39 is 0 Å². The van der Waals surface area contributed by atoms with Gasteiger partial charge in [0, 0.05) is 12.1 Å². The Labute approximate surface area is 179 Å². The lowest BCUT2D eigenvalue weighted by atomic mass is 10.0. The monoisotopic (exact) mass is 421 g/mol. The molecule has 3 heterocycles. The number of aromatic nitrogens is 4. The van der Waals surface area contributed by atoms with Crippen LogP contribution in [0, 0.1) is 0 Å². The van der Waals surface area contributed by atoms with Crippen LogP contribution in [0.2, 0.25) is 0 Å². The largest absolute Gasteiger partial charge is 0.497 e. The Morgan fingerprint density at radius 2 is 2.03 bits per heavy atom. The summed E-state index contributed by atoms with van der Waals surface area (Å²) in [5.41, 5.74) is 1.84. The number of methoxy groups -OCH3 is 1. The molecule has 5 rings (SSSR count). The van der Waals surface area contributed by atoms with Crippen molar-refractivity contribution in [3.05, 3.63) is 48.0 Å². The van der Waals surface area contributed by atoms with Gasteiger partial charge in [0.05, 0.1) is 13.2 Å². The van der Waals surface area contributed by atoms with Crippen molar-refractivity contribution in [2.45, 2.75) is 25.4 Å². The van der Waals surface area contributed by atoms with E-state index in [1.54, 1.807) is 7.11 Å². The van der Waals surface area contributed by atoms with Gasteiger partial charge in [-0.1, -0.05) is 18.2 Å². The molecule has 1 amide bonds. The molecule has 0 bridgehead atoms. The molecule has 1 atom stereocenters. The van der Waals surface area contributed by atoms with Crippen LogP contribution in [0.5, 0.6) is 17.2 Å². The molecule has 3 aromatic rings. The van der Waals surface area contributed by atoms with E-state index in [2.05, 4.69) is 15.4 Å². The van der Waals surface area contributed by atoms with Gasteiger partial charge in [0.15, 0.2) is 11.5 Å². The number of nitrogens with zero attached hydrogens (tertiary/aromatic N) is 5. The summed E-state index contributed by atoms with van der Waals surface area (Å²) in [6, 6.07) is 13.4. The number of hydrogen-bond donors (Lipinski definition) is 0. The quantitative estimate of drug-likeness (QED) is 0.625. The Balaban J connectivity index is 1.30. The van der Waals surface area contributed by atoms with Gasteiger partial charge in [-0.05, 0) is 47.9 Å². The average Bonchev–Trinajstić information content (AvgIpc) is 3.49. The molecule has 0 aliphatic carbocycles. The zero-order chi connectivity index (χ0) is 21.2. The molecule has 160 valence electrons. The lowest BCUT2D eigenvalue weighted by Gasteiger charge is -2.26. The fraction of sp³-hybridized carbons (Fsp3) is 0.364. The molecule has 1 fully saturated rings. The Hall–Kier alpha value is -3.62. The van der Waals surface area contributed by atoms with Gasteiger partial charge in [0.2, 0.25) is 11.7 Å². The number of tetrazole rings is 1. The van der Waals surface area contributed by atoms with Crippen LogP contribution >= 0.6 is 0 Å². The van der Waals surface area contributed by atoms with Crippen LogP contribution in [0.1, 0.15) is 24.4 Å². The van der Waals surface area contributed by atoms with Crippen molar-refractivity contribution in [3.63, 3.8) is 0 Å². The molecule has 0 spiro atoms. The molecular formula is C22H23N5O4. The fourth-order valence-corrected chi connectivity index (χ4v) is 4.08. The molecule has 31 heavy (non-hydrogen) atoms. The van der Waals surface area contributed by atoms with Gasteiger partial charge in [-0.15, -0.1) is 10.2 Å². The van der Waals surface area contributed by atoms with Crippen LogP contribution in [-0.4, -0.2) is 57.9 Å². The van der Waals surface area contributed by atoms with Crippen molar-refractivity contribution >= 4 is 5.91 Å². The third kappa shape index (κ3) is 3.90. The minimum Gasteiger partial charge on any atom is -0.497 e. The van der Waals surface area contributed by atoms with E-state index in [0.29, 0.717) is 31.3 Å². The van der Waals surface area contributed by atoms with Crippen molar-refractivity contribution in [2.75, 3.05) is 26.9 Å². The summed E-state index contributed by atoms with van der Waals surface area (Å²) < 4.78 is 16.6. The molecule has 1 aromatic heterocycles. The summed E-state index contributed by atoms with van der Waals surface area (Å²) in [7, 11) is 1.61. The first-order chi connectivity index (χ1) is 15.2. The predicted octanol–water partition coefficient (Wildman–Crippen LogP) is 2.48. The highest BCUT2D eigenvalue weighted by molar-refractivity contribution is 5.76. The molecule has 1 saturated heterocycles. The van der Waals surface area contributed by atoms with Gasteiger partial charge < -0.3 is 19.1 Å². The van der Waals surface area contributed by atoms with Gasteiger partial charge >= 0.3 is 0 Å². The fourth-order valence-electron chi connectivity index (χ4n) is 4.08. The van der Waals surface area contributed by atoms with Crippen LogP contribution in [-0.2, 0) is 11.3 Å². The number of likely N-dealkylation sites (tertiary alicyclic amines) is 1. The average molecular weight is 421 g/mol. The van der Waals surface area contributed by atoms with Crippen LogP contribution in [0.15, 0.2) is 42.5 Å². The van der Waals surface area contributed by atoms with E-state index in [4.69, 9.17) is 14.2 Å². The second kappa shape index (κ2) is 8.25. The number of hydrogen-bond acceptors (Lipinski definition) is 7. The van der Waals surface area contributed by atoms with Crippen LogP contribution in [0.4, 0.5) is 0 Å². The van der Waals surface area contributed by atoms with E-state index in [1.165, 1.54) is 4.80 Å². The Bertz CT molecular complexity index is 1100. The Kier molecular flexibility index (Phi) is 5.15. The van der Waals surface area contributed by atoms with Crippen molar-refractivity contribution < 1.29 is 19.0 Å². The number of rotatable bonds is 5. The SMILES string of the molecule is COc1cccc(-c2nnn(CC(=O)N3CCC[C@H]3c3ccc4c(c3)OCCO4)n2)c1. The van der Waals surface area contributed by atoms with Gasteiger partial charge in [-0.2, -0.15) is 4.80 Å². The maximum absolute atomic E-state index is 13.1. The summed E-state index contributed by atoms with van der Waals surface area (Å²) in [5.74, 6) is 2.62. The summed E-state index contributed by atoms with van der Waals surface area (Å²) in [6.45, 7) is 1.84. The highest BCUT2D eigenvalue weighted by Gasteiger charge is 2.31. The van der Waals surface area contributed by atoms with Crippen LogP contribution in [0.3, 0.4) is 0 Å². The lowest BCUT2D eigenvalue weighted by Crippen LogP contribution is -2.34. The molecule has 9 nitrogen and oxygen atoms in total. The summed E-state index contributed by atoms with van der Waals surface area (Å²) in [5, 5.41) is 12.5. The molecule has 2 aliphatic heterocycles. The lowest BCUT2D eigenvalue weighted by molar-refractivity contribution is -0.133. The van der Waals surface area contributed by atoms with E-state index in [1.807, 2.05) is 47.4 Å². The summed E-state index contributed by atoms with van der Waals surface area (Å²) in [4.78, 5) is 16.3. The number of carbonyl (C=O) groups is 1. The van der Waals surface area contributed by atoms with Crippen molar-refractivity contribution in [3.8, 4) is 28.6 Å². The molecular weight excluding hydrogens is 398 g/mol. The normalized spacial score (nSPS) is 17.6. The first kappa shape index (κ1) is 19.3.